The topological polar surface area (TPSA) is 44.9 Å². The van der Waals surface area contributed by atoms with Gasteiger partial charge in [-0.05, 0) is 36.7 Å². The molecule has 2 aromatic heterocycles. The van der Waals surface area contributed by atoms with E-state index in [4.69, 9.17) is 4.74 Å². The molecule has 0 N–H and O–H groups in total. The lowest BCUT2D eigenvalue weighted by atomic mass is 10.4. The summed E-state index contributed by atoms with van der Waals surface area (Å²) in [6.07, 6.45) is 3.64. The number of rotatable bonds is 4. The molecular formula is C12H17BrN4O. The highest BCUT2D eigenvalue weighted by Gasteiger charge is 2.11. The van der Waals surface area contributed by atoms with Gasteiger partial charge in [0.05, 0.1) is 28.3 Å². The van der Waals surface area contributed by atoms with Crippen molar-refractivity contribution in [2.45, 2.75) is 33.4 Å². The van der Waals surface area contributed by atoms with Crippen LogP contribution in [0.3, 0.4) is 0 Å². The molecule has 0 amide bonds. The van der Waals surface area contributed by atoms with E-state index in [1.807, 2.05) is 29.5 Å². The zero-order chi connectivity index (χ0) is 13.3. The Hall–Kier alpha value is -1.30. The van der Waals surface area contributed by atoms with Crippen molar-refractivity contribution in [2.24, 2.45) is 7.05 Å². The SMILES string of the molecule is Cc1nn(C)c(COc2cnn(C(C)C)c2)c1Br. The molecule has 5 nitrogen and oxygen atoms in total. The van der Waals surface area contributed by atoms with Gasteiger partial charge in [0.25, 0.3) is 0 Å². The molecular weight excluding hydrogens is 296 g/mol. The first kappa shape index (κ1) is 13.1. The van der Waals surface area contributed by atoms with Gasteiger partial charge in [0.2, 0.25) is 0 Å². The van der Waals surface area contributed by atoms with Crippen LogP contribution >= 0.6 is 15.9 Å². The Morgan fingerprint density at radius 3 is 2.67 bits per heavy atom. The number of hydrogen-bond acceptors (Lipinski definition) is 3. The number of halogens is 1. The molecule has 0 aliphatic heterocycles. The van der Waals surface area contributed by atoms with Gasteiger partial charge in [0.1, 0.15) is 6.61 Å². The maximum Gasteiger partial charge on any atom is 0.157 e. The van der Waals surface area contributed by atoms with E-state index >= 15 is 0 Å². The lowest BCUT2D eigenvalue weighted by Gasteiger charge is -2.05. The smallest absolute Gasteiger partial charge is 0.157 e. The van der Waals surface area contributed by atoms with Crippen molar-refractivity contribution >= 4 is 15.9 Å². The average Bonchev–Trinajstić information content (AvgIpc) is 2.85. The van der Waals surface area contributed by atoms with Crippen LogP contribution in [0.1, 0.15) is 31.3 Å². The van der Waals surface area contributed by atoms with Gasteiger partial charge in [-0.25, -0.2) is 0 Å². The van der Waals surface area contributed by atoms with Crippen LogP contribution in [-0.4, -0.2) is 19.6 Å². The van der Waals surface area contributed by atoms with E-state index in [1.54, 1.807) is 6.20 Å². The summed E-state index contributed by atoms with van der Waals surface area (Å²) in [5, 5.41) is 8.56. The van der Waals surface area contributed by atoms with E-state index in [2.05, 4.69) is 40.0 Å². The number of hydrogen-bond donors (Lipinski definition) is 0. The van der Waals surface area contributed by atoms with Crippen LogP contribution < -0.4 is 4.74 Å². The Morgan fingerprint density at radius 1 is 1.44 bits per heavy atom. The van der Waals surface area contributed by atoms with Crippen molar-refractivity contribution in [2.75, 3.05) is 0 Å². The summed E-state index contributed by atoms with van der Waals surface area (Å²) in [5.74, 6) is 0.773. The van der Waals surface area contributed by atoms with E-state index in [9.17, 15) is 0 Å². The van der Waals surface area contributed by atoms with Crippen LogP contribution in [0.4, 0.5) is 0 Å². The summed E-state index contributed by atoms with van der Waals surface area (Å²) in [6, 6.07) is 0.341. The summed E-state index contributed by atoms with van der Waals surface area (Å²) in [7, 11) is 1.91. The fourth-order valence-corrected chi connectivity index (χ4v) is 2.12. The number of nitrogens with zero attached hydrogens (tertiary/aromatic N) is 4. The van der Waals surface area contributed by atoms with Crippen LogP contribution in [0.2, 0.25) is 0 Å². The third-order valence-corrected chi connectivity index (χ3v) is 3.78. The van der Waals surface area contributed by atoms with Gasteiger partial charge in [-0.15, -0.1) is 0 Å². The molecule has 0 unspecified atom stereocenters. The molecule has 18 heavy (non-hydrogen) atoms. The van der Waals surface area contributed by atoms with Gasteiger partial charge >= 0.3 is 0 Å². The van der Waals surface area contributed by atoms with Gasteiger partial charge in [-0.2, -0.15) is 10.2 Å². The summed E-state index contributed by atoms with van der Waals surface area (Å²) >= 11 is 3.52. The standard InChI is InChI=1S/C12H17BrN4O/c1-8(2)17-6-10(5-14-17)18-7-11-12(13)9(3)15-16(11)4/h5-6,8H,7H2,1-4H3. The van der Waals surface area contributed by atoms with E-state index in [0.29, 0.717) is 12.6 Å². The third kappa shape index (κ3) is 2.58. The molecule has 0 aliphatic rings. The van der Waals surface area contributed by atoms with Gasteiger partial charge in [-0.3, -0.25) is 9.36 Å². The molecule has 0 saturated carbocycles. The summed E-state index contributed by atoms with van der Waals surface area (Å²) in [5.41, 5.74) is 1.98. The molecule has 0 saturated heterocycles. The Kier molecular flexibility index (Phi) is 3.75. The second-order valence-corrected chi connectivity index (χ2v) is 5.30. The van der Waals surface area contributed by atoms with Crippen molar-refractivity contribution in [3.63, 3.8) is 0 Å². The molecule has 6 heteroatoms. The first-order valence-electron chi connectivity index (χ1n) is 5.84. The molecule has 0 spiro atoms. The molecule has 0 bridgehead atoms. The van der Waals surface area contributed by atoms with Gasteiger partial charge < -0.3 is 4.74 Å². The van der Waals surface area contributed by atoms with Gasteiger partial charge in [0, 0.05) is 13.1 Å². The van der Waals surface area contributed by atoms with Crippen LogP contribution in [-0.2, 0) is 13.7 Å². The highest BCUT2D eigenvalue weighted by Crippen LogP contribution is 2.22. The Balaban J connectivity index is 2.06. The third-order valence-electron chi connectivity index (χ3n) is 2.74. The summed E-state index contributed by atoms with van der Waals surface area (Å²) in [6.45, 7) is 6.60. The fourth-order valence-electron chi connectivity index (χ4n) is 1.67. The van der Waals surface area contributed by atoms with Gasteiger partial charge in [-0.1, -0.05) is 0 Å². The largest absolute Gasteiger partial charge is 0.484 e. The summed E-state index contributed by atoms with van der Waals surface area (Å²) < 4.78 is 10.4. The monoisotopic (exact) mass is 312 g/mol. The minimum atomic E-state index is 0.341. The molecule has 0 aromatic carbocycles. The quantitative estimate of drug-likeness (QED) is 0.872. The first-order valence-corrected chi connectivity index (χ1v) is 6.63. The minimum Gasteiger partial charge on any atom is -0.484 e. The van der Waals surface area contributed by atoms with Crippen molar-refractivity contribution in [1.29, 1.82) is 0 Å². The molecule has 0 radical (unpaired) electrons. The zero-order valence-corrected chi connectivity index (χ0v) is 12.6. The molecule has 0 aliphatic carbocycles. The van der Waals surface area contributed by atoms with Crippen molar-refractivity contribution in [3.8, 4) is 5.75 Å². The molecule has 0 fully saturated rings. The Morgan fingerprint density at radius 2 is 2.17 bits per heavy atom. The predicted octanol–water partition coefficient (Wildman–Crippen LogP) is 2.85. The number of ether oxygens (including phenoxy) is 1. The molecule has 98 valence electrons. The maximum atomic E-state index is 5.72. The van der Waals surface area contributed by atoms with Crippen LogP contribution in [0, 0.1) is 6.92 Å². The van der Waals surface area contributed by atoms with Crippen LogP contribution in [0.5, 0.6) is 5.75 Å². The maximum absolute atomic E-state index is 5.72. The van der Waals surface area contributed by atoms with Crippen LogP contribution in [0.25, 0.3) is 0 Å². The lowest BCUT2D eigenvalue weighted by Crippen LogP contribution is -2.03. The normalized spacial score (nSPS) is 11.2. The van der Waals surface area contributed by atoms with Crippen molar-refractivity contribution in [3.05, 3.63) is 28.3 Å². The van der Waals surface area contributed by atoms with Gasteiger partial charge in [0.15, 0.2) is 5.75 Å². The van der Waals surface area contributed by atoms with Crippen molar-refractivity contribution < 1.29 is 4.74 Å². The molecule has 2 aromatic rings. The van der Waals surface area contributed by atoms with Crippen molar-refractivity contribution in [1.82, 2.24) is 19.6 Å². The zero-order valence-electron chi connectivity index (χ0n) is 11.0. The molecule has 2 rings (SSSR count). The first-order chi connectivity index (χ1) is 8.49. The Bertz CT molecular complexity index is 544. The highest BCUT2D eigenvalue weighted by atomic mass is 79.9. The molecule has 2 heterocycles. The minimum absolute atomic E-state index is 0.341. The summed E-state index contributed by atoms with van der Waals surface area (Å²) in [4.78, 5) is 0. The Labute approximate surface area is 115 Å². The lowest BCUT2D eigenvalue weighted by molar-refractivity contribution is 0.293. The number of aromatic nitrogens is 4. The second-order valence-electron chi connectivity index (χ2n) is 4.51. The van der Waals surface area contributed by atoms with Crippen LogP contribution in [0.15, 0.2) is 16.9 Å². The number of aryl methyl sites for hydroxylation is 2. The average molecular weight is 313 g/mol. The van der Waals surface area contributed by atoms with E-state index in [1.165, 1.54) is 0 Å². The second kappa shape index (κ2) is 5.14. The van der Waals surface area contributed by atoms with E-state index in [0.717, 1.165) is 21.6 Å². The van der Waals surface area contributed by atoms with E-state index < -0.39 is 0 Å². The van der Waals surface area contributed by atoms with E-state index in [-0.39, 0.29) is 0 Å². The molecule has 0 atom stereocenters. The highest BCUT2D eigenvalue weighted by molar-refractivity contribution is 9.10. The fraction of sp³-hybridized carbons (Fsp3) is 0.500. The predicted molar refractivity (Wildman–Crippen MR) is 72.6 cm³/mol.